The van der Waals surface area contributed by atoms with Crippen molar-refractivity contribution in [2.24, 2.45) is 0 Å². The predicted molar refractivity (Wildman–Crippen MR) is 95.0 cm³/mol. The Morgan fingerprint density at radius 2 is 1.65 bits per heavy atom. The van der Waals surface area contributed by atoms with E-state index in [9.17, 15) is 13.6 Å². The molecule has 0 aliphatic rings. The third-order valence-corrected chi connectivity index (χ3v) is 3.99. The summed E-state index contributed by atoms with van der Waals surface area (Å²) in [5, 5.41) is 0.446. The number of carbonyl (C=O) groups is 1. The molecule has 0 saturated heterocycles. The molecule has 1 aromatic carbocycles. The third kappa shape index (κ3) is 3.86. The maximum absolute atomic E-state index is 14.8. The van der Waals surface area contributed by atoms with E-state index in [1.165, 1.54) is 36.7 Å². The van der Waals surface area contributed by atoms with Crippen LogP contribution in [0.15, 0.2) is 73.3 Å². The zero-order valence-electron chi connectivity index (χ0n) is 13.5. The van der Waals surface area contributed by atoms with E-state index in [1.54, 1.807) is 30.5 Å². The number of benzene rings is 1. The molecule has 3 aromatic rings. The van der Waals surface area contributed by atoms with Gasteiger partial charge in [-0.2, -0.15) is 8.78 Å². The zero-order valence-corrected chi connectivity index (χ0v) is 14.3. The van der Waals surface area contributed by atoms with Crippen LogP contribution in [0.1, 0.15) is 11.1 Å². The number of carbonyl (C=O) groups excluding carboxylic acids is 1. The summed E-state index contributed by atoms with van der Waals surface area (Å²) in [5.74, 6) is -5.08. The first kappa shape index (κ1) is 17.9. The minimum Gasteiger partial charge on any atom is -0.302 e. The molecule has 1 amide bonds. The first-order chi connectivity index (χ1) is 12.5. The molecule has 0 aliphatic heterocycles. The van der Waals surface area contributed by atoms with Gasteiger partial charge in [0.2, 0.25) is 0 Å². The number of pyridine rings is 2. The summed E-state index contributed by atoms with van der Waals surface area (Å²) >= 11 is 5.87. The SMILES string of the molecule is O=C(N(Cc1cccnc1)c1ccc(Cl)cc1)C(F)(F)c1cccnc1. The molecule has 2 heterocycles. The number of anilines is 1. The summed E-state index contributed by atoms with van der Waals surface area (Å²) in [6.45, 7) is -0.0514. The summed E-state index contributed by atoms with van der Waals surface area (Å²) in [6.07, 6.45) is 5.46. The Kier molecular flexibility index (Phi) is 5.23. The summed E-state index contributed by atoms with van der Waals surface area (Å²) in [6, 6.07) is 12.1. The van der Waals surface area contributed by atoms with E-state index in [0.29, 0.717) is 16.3 Å². The fourth-order valence-corrected chi connectivity index (χ4v) is 2.54. The van der Waals surface area contributed by atoms with Gasteiger partial charge in [-0.05, 0) is 48.0 Å². The van der Waals surface area contributed by atoms with Crippen molar-refractivity contribution in [2.75, 3.05) is 4.90 Å². The van der Waals surface area contributed by atoms with Crippen LogP contribution in [-0.2, 0) is 17.3 Å². The number of nitrogens with zero attached hydrogens (tertiary/aromatic N) is 3. The molecule has 3 rings (SSSR count). The van der Waals surface area contributed by atoms with Crippen LogP contribution in [0.2, 0.25) is 5.02 Å². The van der Waals surface area contributed by atoms with Crippen LogP contribution in [0.5, 0.6) is 0 Å². The third-order valence-electron chi connectivity index (χ3n) is 3.74. The normalized spacial score (nSPS) is 11.2. The van der Waals surface area contributed by atoms with Crippen molar-refractivity contribution in [3.8, 4) is 0 Å². The van der Waals surface area contributed by atoms with Crippen molar-refractivity contribution in [1.82, 2.24) is 9.97 Å². The largest absolute Gasteiger partial charge is 0.351 e. The Morgan fingerprint density at radius 1 is 1.00 bits per heavy atom. The number of alkyl halides is 2. The number of rotatable bonds is 5. The molecule has 26 heavy (non-hydrogen) atoms. The maximum Gasteiger partial charge on any atom is 0.351 e. The van der Waals surface area contributed by atoms with Gasteiger partial charge in [-0.1, -0.05) is 17.7 Å². The molecular formula is C19H14ClF2N3O. The summed E-state index contributed by atoms with van der Waals surface area (Å²) in [5.41, 5.74) is 0.472. The fraction of sp³-hybridized carbons (Fsp3) is 0.105. The quantitative estimate of drug-likeness (QED) is 0.663. The minimum absolute atomic E-state index is 0.0514. The van der Waals surface area contributed by atoms with Gasteiger partial charge in [0.15, 0.2) is 0 Å². The molecule has 0 saturated carbocycles. The first-order valence-corrected chi connectivity index (χ1v) is 8.11. The van der Waals surface area contributed by atoms with Crippen LogP contribution in [0.4, 0.5) is 14.5 Å². The zero-order chi connectivity index (χ0) is 18.6. The molecule has 0 radical (unpaired) electrons. The summed E-state index contributed by atoms with van der Waals surface area (Å²) < 4.78 is 29.6. The monoisotopic (exact) mass is 373 g/mol. The van der Waals surface area contributed by atoms with E-state index < -0.39 is 17.4 Å². The van der Waals surface area contributed by atoms with E-state index >= 15 is 0 Å². The van der Waals surface area contributed by atoms with E-state index in [0.717, 1.165) is 11.1 Å². The van der Waals surface area contributed by atoms with Crippen molar-refractivity contribution in [2.45, 2.75) is 12.5 Å². The van der Waals surface area contributed by atoms with E-state index in [1.807, 2.05) is 0 Å². The van der Waals surface area contributed by atoms with Crippen LogP contribution in [-0.4, -0.2) is 15.9 Å². The fourth-order valence-electron chi connectivity index (χ4n) is 2.42. The lowest BCUT2D eigenvalue weighted by Gasteiger charge is -2.27. The van der Waals surface area contributed by atoms with E-state index in [4.69, 9.17) is 11.6 Å². The summed E-state index contributed by atoms with van der Waals surface area (Å²) in [7, 11) is 0. The Hall–Kier alpha value is -2.86. The molecule has 0 fully saturated rings. The highest BCUT2D eigenvalue weighted by molar-refractivity contribution is 6.30. The molecule has 4 nitrogen and oxygen atoms in total. The van der Waals surface area contributed by atoms with Gasteiger partial charge in [0.1, 0.15) is 0 Å². The average Bonchev–Trinajstić information content (AvgIpc) is 2.68. The van der Waals surface area contributed by atoms with E-state index in [-0.39, 0.29) is 6.54 Å². The lowest BCUT2D eigenvalue weighted by molar-refractivity contribution is -0.144. The van der Waals surface area contributed by atoms with Crippen molar-refractivity contribution in [1.29, 1.82) is 0 Å². The predicted octanol–water partition coefficient (Wildman–Crippen LogP) is 4.46. The molecule has 0 atom stereocenters. The number of halogens is 3. The molecule has 0 N–H and O–H groups in total. The van der Waals surface area contributed by atoms with Gasteiger partial charge in [-0.25, -0.2) is 0 Å². The second-order valence-electron chi connectivity index (χ2n) is 5.55. The smallest absolute Gasteiger partial charge is 0.302 e. The summed E-state index contributed by atoms with van der Waals surface area (Å²) in [4.78, 5) is 21.4. The number of amides is 1. The van der Waals surface area contributed by atoms with Gasteiger partial charge >= 0.3 is 11.8 Å². The van der Waals surface area contributed by atoms with Gasteiger partial charge in [0.25, 0.3) is 0 Å². The lowest BCUT2D eigenvalue weighted by Crippen LogP contribution is -2.41. The molecule has 0 unspecified atom stereocenters. The van der Waals surface area contributed by atoms with Crippen molar-refractivity contribution in [3.05, 3.63) is 89.5 Å². The standard InChI is InChI=1S/C19H14ClF2N3O/c20-16-5-7-17(8-6-16)25(13-14-3-1-9-23-11-14)18(26)19(21,22)15-4-2-10-24-12-15/h1-12H,13H2. The topological polar surface area (TPSA) is 46.1 Å². The number of hydrogen-bond donors (Lipinski definition) is 0. The highest BCUT2D eigenvalue weighted by atomic mass is 35.5. The average molecular weight is 374 g/mol. The van der Waals surface area contributed by atoms with Crippen LogP contribution in [0, 0.1) is 0 Å². The minimum atomic E-state index is -3.73. The van der Waals surface area contributed by atoms with Gasteiger partial charge in [-0.3, -0.25) is 14.8 Å². The lowest BCUT2D eigenvalue weighted by atomic mass is 10.1. The van der Waals surface area contributed by atoms with Crippen molar-refractivity contribution < 1.29 is 13.6 Å². The Morgan fingerprint density at radius 3 is 2.23 bits per heavy atom. The molecule has 0 spiro atoms. The van der Waals surface area contributed by atoms with Gasteiger partial charge in [0.05, 0.1) is 6.54 Å². The van der Waals surface area contributed by atoms with Crippen LogP contribution >= 0.6 is 11.6 Å². The molecule has 132 valence electrons. The Labute approximate surface area is 154 Å². The first-order valence-electron chi connectivity index (χ1n) is 7.73. The van der Waals surface area contributed by atoms with Crippen molar-refractivity contribution >= 4 is 23.2 Å². The van der Waals surface area contributed by atoms with Gasteiger partial charge in [-0.15, -0.1) is 0 Å². The van der Waals surface area contributed by atoms with Crippen LogP contribution < -0.4 is 4.90 Å². The molecule has 0 bridgehead atoms. The van der Waals surface area contributed by atoms with E-state index in [2.05, 4.69) is 9.97 Å². The second-order valence-corrected chi connectivity index (χ2v) is 5.98. The maximum atomic E-state index is 14.8. The molecule has 2 aromatic heterocycles. The van der Waals surface area contributed by atoms with Crippen LogP contribution in [0.3, 0.4) is 0 Å². The second kappa shape index (κ2) is 7.58. The Balaban J connectivity index is 1.99. The number of hydrogen-bond acceptors (Lipinski definition) is 3. The molecule has 7 heteroatoms. The van der Waals surface area contributed by atoms with Crippen LogP contribution in [0.25, 0.3) is 0 Å². The van der Waals surface area contributed by atoms with Gasteiger partial charge < -0.3 is 4.90 Å². The molecule has 0 aliphatic carbocycles. The highest BCUT2D eigenvalue weighted by Gasteiger charge is 2.44. The Bertz CT molecular complexity index is 874. The van der Waals surface area contributed by atoms with Crippen molar-refractivity contribution in [3.63, 3.8) is 0 Å². The molecular weight excluding hydrogens is 360 g/mol. The van der Waals surface area contributed by atoms with Gasteiger partial charge in [0, 0.05) is 41.1 Å². The number of aromatic nitrogens is 2. The highest BCUT2D eigenvalue weighted by Crippen LogP contribution is 2.33.